The van der Waals surface area contributed by atoms with Crippen LogP contribution in [0, 0.1) is 6.92 Å². The minimum Gasteiger partial charge on any atom is -0.244 e. The van der Waals surface area contributed by atoms with Gasteiger partial charge in [0.1, 0.15) is 5.69 Å². The van der Waals surface area contributed by atoms with Crippen LogP contribution in [-0.2, 0) is 5.33 Å². The minimum atomic E-state index is 0.672. The maximum atomic E-state index is 4.61. The zero-order valence-corrected chi connectivity index (χ0v) is 12.1. The van der Waals surface area contributed by atoms with Gasteiger partial charge >= 0.3 is 0 Å². The van der Waals surface area contributed by atoms with E-state index in [2.05, 4.69) is 36.9 Å². The Morgan fingerprint density at radius 3 is 2.74 bits per heavy atom. The Hall–Kier alpha value is -1.81. The number of nitrogens with zero attached hydrogens (tertiary/aromatic N) is 3. The lowest BCUT2D eigenvalue weighted by molar-refractivity contribution is 1.05. The van der Waals surface area contributed by atoms with Gasteiger partial charge in [0.2, 0.25) is 0 Å². The predicted molar refractivity (Wildman–Crippen MR) is 80.1 cm³/mol. The van der Waals surface area contributed by atoms with Gasteiger partial charge in [-0.2, -0.15) is 0 Å². The van der Waals surface area contributed by atoms with Crippen LogP contribution in [0.25, 0.3) is 22.4 Å². The van der Waals surface area contributed by atoms with Crippen molar-refractivity contribution in [3.63, 3.8) is 0 Å². The van der Waals surface area contributed by atoms with Gasteiger partial charge in [-0.3, -0.25) is 0 Å². The summed E-state index contributed by atoms with van der Waals surface area (Å²) >= 11 is 3.44. The fourth-order valence-electron chi connectivity index (χ4n) is 1.93. The second-order valence-corrected chi connectivity index (χ2v) is 4.91. The van der Waals surface area contributed by atoms with E-state index in [0.717, 1.165) is 33.2 Å². The van der Waals surface area contributed by atoms with Crippen LogP contribution < -0.4 is 0 Å². The Labute approximate surface area is 119 Å². The van der Waals surface area contributed by atoms with E-state index in [0.29, 0.717) is 5.82 Å². The maximum Gasteiger partial charge on any atom is 0.178 e. The van der Waals surface area contributed by atoms with E-state index in [4.69, 9.17) is 0 Å². The maximum absolute atomic E-state index is 4.61. The van der Waals surface area contributed by atoms with Crippen molar-refractivity contribution in [1.82, 2.24) is 15.0 Å². The lowest BCUT2D eigenvalue weighted by atomic mass is 10.2. The third kappa shape index (κ3) is 2.36. The number of aromatic nitrogens is 3. The van der Waals surface area contributed by atoms with E-state index in [1.807, 2.05) is 43.5 Å². The molecule has 0 saturated carbocycles. The molecule has 3 aromatic rings. The number of aryl methyl sites for hydroxylation is 1. The van der Waals surface area contributed by atoms with E-state index < -0.39 is 0 Å². The lowest BCUT2D eigenvalue weighted by Crippen LogP contribution is -1.98. The standard InChI is InChI=1S/C15H12BrN3/c1-10-9-17-15(19-14(10)8-16)13-7-6-11-4-2-3-5-12(11)18-13/h2-7,9H,8H2,1H3. The molecule has 4 heteroatoms. The number of fused-ring (bicyclic) bond motifs is 1. The molecule has 0 aliphatic rings. The van der Waals surface area contributed by atoms with Gasteiger partial charge in [-0.15, -0.1) is 0 Å². The summed E-state index contributed by atoms with van der Waals surface area (Å²) in [7, 11) is 0. The Balaban J connectivity index is 2.13. The molecule has 3 rings (SSSR count). The fourth-order valence-corrected chi connectivity index (χ4v) is 2.49. The first-order valence-corrected chi connectivity index (χ1v) is 7.15. The first-order chi connectivity index (χ1) is 9.28. The number of hydrogen-bond donors (Lipinski definition) is 0. The molecule has 94 valence electrons. The summed E-state index contributed by atoms with van der Waals surface area (Å²) in [4.78, 5) is 13.5. The van der Waals surface area contributed by atoms with Crippen LogP contribution in [0.15, 0.2) is 42.6 Å². The molecule has 1 aromatic carbocycles. The van der Waals surface area contributed by atoms with Gasteiger partial charge in [-0.25, -0.2) is 15.0 Å². The number of rotatable bonds is 2. The monoisotopic (exact) mass is 313 g/mol. The molecular formula is C15H12BrN3. The molecule has 2 aromatic heterocycles. The predicted octanol–water partition coefficient (Wildman–Crippen LogP) is 3.90. The van der Waals surface area contributed by atoms with Gasteiger partial charge < -0.3 is 0 Å². The molecule has 0 saturated heterocycles. The number of hydrogen-bond acceptors (Lipinski definition) is 3. The van der Waals surface area contributed by atoms with Crippen molar-refractivity contribution in [2.75, 3.05) is 0 Å². The molecule has 0 spiro atoms. The smallest absolute Gasteiger partial charge is 0.178 e. The highest BCUT2D eigenvalue weighted by Gasteiger charge is 2.07. The van der Waals surface area contributed by atoms with Gasteiger partial charge in [0.25, 0.3) is 0 Å². The van der Waals surface area contributed by atoms with Crippen LogP contribution in [0.3, 0.4) is 0 Å². The Kier molecular flexibility index (Phi) is 3.25. The van der Waals surface area contributed by atoms with E-state index in [-0.39, 0.29) is 0 Å². The molecule has 0 amide bonds. The minimum absolute atomic E-state index is 0.672. The molecule has 0 aliphatic carbocycles. The second-order valence-electron chi connectivity index (χ2n) is 4.35. The van der Waals surface area contributed by atoms with Crippen molar-refractivity contribution in [1.29, 1.82) is 0 Å². The lowest BCUT2D eigenvalue weighted by Gasteiger charge is -2.05. The molecule has 2 heterocycles. The Bertz CT molecular complexity index is 740. The van der Waals surface area contributed by atoms with Crippen molar-refractivity contribution >= 4 is 26.8 Å². The zero-order valence-electron chi connectivity index (χ0n) is 10.5. The molecule has 0 bridgehead atoms. The molecule has 0 aliphatic heterocycles. The topological polar surface area (TPSA) is 38.7 Å². The SMILES string of the molecule is Cc1cnc(-c2ccc3ccccc3n2)nc1CBr. The highest BCUT2D eigenvalue weighted by molar-refractivity contribution is 9.08. The Morgan fingerprint density at radius 2 is 1.89 bits per heavy atom. The summed E-state index contributed by atoms with van der Waals surface area (Å²) in [6.07, 6.45) is 1.84. The third-order valence-electron chi connectivity index (χ3n) is 3.03. The van der Waals surface area contributed by atoms with Crippen LogP contribution >= 0.6 is 15.9 Å². The van der Waals surface area contributed by atoms with E-state index >= 15 is 0 Å². The highest BCUT2D eigenvalue weighted by Crippen LogP contribution is 2.19. The van der Waals surface area contributed by atoms with Crippen LogP contribution in [-0.4, -0.2) is 15.0 Å². The summed E-state index contributed by atoms with van der Waals surface area (Å²) < 4.78 is 0. The number of para-hydroxylation sites is 1. The van der Waals surface area contributed by atoms with Gasteiger partial charge in [0.05, 0.1) is 11.2 Å². The molecule has 3 nitrogen and oxygen atoms in total. The van der Waals surface area contributed by atoms with Crippen molar-refractivity contribution in [3.05, 3.63) is 53.9 Å². The van der Waals surface area contributed by atoms with Crippen LogP contribution in [0.4, 0.5) is 0 Å². The quantitative estimate of drug-likeness (QED) is 0.674. The molecule has 0 fully saturated rings. The van der Waals surface area contributed by atoms with Crippen LogP contribution in [0.2, 0.25) is 0 Å². The summed E-state index contributed by atoms with van der Waals surface area (Å²) in [6, 6.07) is 12.1. The van der Waals surface area contributed by atoms with Crippen LogP contribution in [0.5, 0.6) is 0 Å². The largest absolute Gasteiger partial charge is 0.244 e. The number of halogens is 1. The normalized spacial score (nSPS) is 10.8. The summed E-state index contributed by atoms with van der Waals surface area (Å²) in [6.45, 7) is 2.01. The average molecular weight is 314 g/mol. The van der Waals surface area contributed by atoms with Crippen molar-refractivity contribution in [2.45, 2.75) is 12.3 Å². The molecule has 19 heavy (non-hydrogen) atoms. The molecule has 0 atom stereocenters. The first kappa shape index (κ1) is 12.2. The van der Waals surface area contributed by atoms with Gasteiger partial charge in [-0.05, 0) is 24.6 Å². The van der Waals surface area contributed by atoms with E-state index in [1.54, 1.807) is 0 Å². The van der Waals surface area contributed by atoms with Gasteiger partial charge in [0, 0.05) is 16.9 Å². The second kappa shape index (κ2) is 5.05. The number of benzene rings is 1. The van der Waals surface area contributed by atoms with Gasteiger partial charge in [-0.1, -0.05) is 40.2 Å². The van der Waals surface area contributed by atoms with Crippen molar-refractivity contribution < 1.29 is 0 Å². The average Bonchev–Trinajstić information content (AvgIpc) is 2.47. The third-order valence-corrected chi connectivity index (χ3v) is 3.56. The molecule has 0 unspecified atom stereocenters. The number of alkyl halides is 1. The van der Waals surface area contributed by atoms with Crippen LogP contribution in [0.1, 0.15) is 11.3 Å². The molecule has 0 N–H and O–H groups in total. The van der Waals surface area contributed by atoms with E-state index in [1.165, 1.54) is 0 Å². The highest BCUT2D eigenvalue weighted by atomic mass is 79.9. The zero-order chi connectivity index (χ0) is 13.2. The first-order valence-electron chi connectivity index (χ1n) is 6.02. The van der Waals surface area contributed by atoms with Crippen molar-refractivity contribution in [3.8, 4) is 11.5 Å². The number of pyridine rings is 1. The summed E-state index contributed by atoms with van der Waals surface area (Å²) in [5.74, 6) is 0.672. The van der Waals surface area contributed by atoms with Gasteiger partial charge in [0.15, 0.2) is 5.82 Å². The summed E-state index contributed by atoms with van der Waals surface area (Å²) in [5, 5.41) is 1.85. The molecular weight excluding hydrogens is 302 g/mol. The fraction of sp³-hybridized carbons (Fsp3) is 0.133. The van der Waals surface area contributed by atoms with Crippen molar-refractivity contribution in [2.24, 2.45) is 0 Å². The summed E-state index contributed by atoms with van der Waals surface area (Å²) in [5.41, 5.74) is 3.85. The van der Waals surface area contributed by atoms with E-state index in [9.17, 15) is 0 Å². The Morgan fingerprint density at radius 1 is 1.05 bits per heavy atom. The molecule has 0 radical (unpaired) electrons.